The molecule has 1 saturated carbocycles. The zero-order valence-electron chi connectivity index (χ0n) is 12.9. The third kappa shape index (κ3) is 3.98. The number of nitrogens with one attached hydrogen (secondary N) is 1. The molecule has 1 aromatic heterocycles. The Balaban J connectivity index is 1.78. The molecule has 1 amide bonds. The van der Waals surface area contributed by atoms with E-state index in [-0.39, 0.29) is 28.2 Å². The molecule has 1 N–H and O–H groups in total. The quantitative estimate of drug-likeness (QED) is 0.657. The first-order chi connectivity index (χ1) is 11.3. The van der Waals surface area contributed by atoms with E-state index < -0.39 is 12.0 Å². The molecule has 1 aromatic carbocycles. The van der Waals surface area contributed by atoms with Crippen molar-refractivity contribution in [3.63, 3.8) is 0 Å². The third-order valence-corrected chi connectivity index (χ3v) is 4.87. The Kier molecular flexibility index (Phi) is 4.67. The molecule has 0 unspecified atom stereocenters. The molecule has 0 bridgehead atoms. The van der Waals surface area contributed by atoms with Gasteiger partial charge >= 0.3 is 6.18 Å². The van der Waals surface area contributed by atoms with Gasteiger partial charge in [0.25, 0.3) is 0 Å². The molecule has 128 valence electrons. The minimum Gasteiger partial charge on any atom is -0.353 e. The number of carbonyl (C=O) groups is 1. The summed E-state index contributed by atoms with van der Waals surface area (Å²) >= 11 is 0.999. The number of hydrogen-bond donors (Lipinski definition) is 1. The van der Waals surface area contributed by atoms with Crippen molar-refractivity contribution >= 4 is 28.6 Å². The van der Waals surface area contributed by atoms with Crippen molar-refractivity contribution in [3.05, 3.63) is 30.1 Å². The fourth-order valence-electron chi connectivity index (χ4n) is 2.43. The van der Waals surface area contributed by atoms with Crippen LogP contribution in [0.25, 0.3) is 10.9 Å². The van der Waals surface area contributed by atoms with Crippen LogP contribution >= 0.6 is 11.8 Å². The first kappa shape index (κ1) is 17.0. The Morgan fingerprint density at radius 2 is 2.04 bits per heavy atom. The maximum absolute atomic E-state index is 12.9. The summed E-state index contributed by atoms with van der Waals surface area (Å²) in [6.45, 7) is 1.95. The number of nitrogens with zero attached hydrogens (tertiary/aromatic N) is 2. The highest BCUT2D eigenvalue weighted by molar-refractivity contribution is 8.00. The van der Waals surface area contributed by atoms with Crippen LogP contribution in [0.1, 0.15) is 25.6 Å². The summed E-state index contributed by atoms with van der Waals surface area (Å²) in [5.41, 5.74) is 0.217. The molecule has 0 saturated heterocycles. The molecule has 1 heterocycles. The van der Waals surface area contributed by atoms with E-state index in [0.29, 0.717) is 11.3 Å². The van der Waals surface area contributed by atoms with Crippen molar-refractivity contribution in [2.75, 3.05) is 5.75 Å². The lowest BCUT2D eigenvalue weighted by Crippen LogP contribution is -2.35. The van der Waals surface area contributed by atoms with Crippen LogP contribution in [0.15, 0.2) is 29.3 Å². The van der Waals surface area contributed by atoms with Gasteiger partial charge in [-0.05, 0) is 31.7 Å². The van der Waals surface area contributed by atoms with Crippen molar-refractivity contribution in [2.45, 2.75) is 37.0 Å². The molecule has 1 aliphatic rings. The maximum atomic E-state index is 12.9. The lowest BCUT2D eigenvalue weighted by atomic mass is 10.2. The number of para-hydroxylation sites is 1. The molecule has 1 fully saturated rings. The average molecular weight is 355 g/mol. The van der Waals surface area contributed by atoms with Gasteiger partial charge in [-0.2, -0.15) is 13.2 Å². The summed E-state index contributed by atoms with van der Waals surface area (Å²) in [6.07, 6.45) is -2.40. The van der Waals surface area contributed by atoms with Crippen LogP contribution in [-0.4, -0.2) is 27.7 Å². The molecule has 1 atom stereocenters. The summed E-state index contributed by atoms with van der Waals surface area (Å²) in [6, 6.07) is 6.59. The fraction of sp³-hybridized carbons (Fsp3) is 0.438. The van der Waals surface area contributed by atoms with E-state index in [2.05, 4.69) is 15.3 Å². The number of alkyl halides is 3. The van der Waals surface area contributed by atoms with E-state index in [1.54, 1.807) is 18.2 Å². The topological polar surface area (TPSA) is 54.9 Å². The van der Waals surface area contributed by atoms with Crippen molar-refractivity contribution in [3.8, 4) is 0 Å². The normalized spacial score (nSPS) is 16.2. The first-order valence-corrected chi connectivity index (χ1v) is 8.59. The Morgan fingerprint density at radius 3 is 2.71 bits per heavy atom. The van der Waals surface area contributed by atoms with E-state index in [1.807, 2.05) is 6.92 Å². The van der Waals surface area contributed by atoms with Gasteiger partial charge in [0.2, 0.25) is 11.7 Å². The van der Waals surface area contributed by atoms with E-state index in [9.17, 15) is 18.0 Å². The summed E-state index contributed by atoms with van der Waals surface area (Å²) < 4.78 is 38.8. The molecule has 8 heteroatoms. The molecule has 1 aliphatic carbocycles. The zero-order chi connectivity index (χ0) is 17.3. The first-order valence-electron chi connectivity index (χ1n) is 7.61. The summed E-state index contributed by atoms with van der Waals surface area (Å²) in [5, 5.41) is 3.56. The van der Waals surface area contributed by atoms with E-state index in [0.717, 1.165) is 24.6 Å². The van der Waals surface area contributed by atoms with Crippen LogP contribution in [0.5, 0.6) is 0 Å². The van der Waals surface area contributed by atoms with Gasteiger partial charge in [0, 0.05) is 11.4 Å². The second kappa shape index (κ2) is 6.58. The van der Waals surface area contributed by atoms with Gasteiger partial charge in [-0.25, -0.2) is 9.97 Å². The van der Waals surface area contributed by atoms with Crippen LogP contribution in [0.3, 0.4) is 0 Å². The third-order valence-electron chi connectivity index (χ3n) is 3.88. The Morgan fingerprint density at radius 1 is 1.33 bits per heavy atom. The predicted octanol–water partition coefficient (Wildman–Crippen LogP) is 3.66. The number of aromatic nitrogens is 2. The highest BCUT2D eigenvalue weighted by Crippen LogP contribution is 2.33. The summed E-state index contributed by atoms with van der Waals surface area (Å²) in [4.78, 5) is 19.2. The average Bonchev–Trinajstić information content (AvgIpc) is 3.36. The minimum atomic E-state index is -4.62. The number of carbonyl (C=O) groups excluding carboxylic acids is 1. The van der Waals surface area contributed by atoms with Crippen LogP contribution in [0.4, 0.5) is 13.2 Å². The second-order valence-corrected chi connectivity index (χ2v) is 6.81. The van der Waals surface area contributed by atoms with Crippen molar-refractivity contribution in [1.82, 2.24) is 15.3 Å². The fourth-order valence-corrected chi connectivity index (χ4v) is 3.26. The van der Waals surface area contributed by atoms with Gasteiger partial charge in [-0.1, -0.05) is 30.0 Å². The molecular weight excluding hydrogens is 339 g/mol. The second-order valence-electron chi connectivity index (χ2n) is 5.85. The maximum Gasteiger partial charge on any atom is 0.451 e. The summed E-state index contributed by atoms with van der Waals surface area (Å²) in [7, 11) is 0. The van der Waals surface area contributed by atoms with Gasteiger partial charge in [0.15, 0.2) is 0 Å². The van der Waals surface area contributed by atoms with Crippen molar-refractivity contribution < 1.29 is 18.0 Å². The van der Waals surface area contributed by atoms with Gasteiger partial charge in [0.05, 0.1) is 11.3 Å². The van der Waals surface area contributed by atoms with Crippen LogP contribution < -0.4 is 5.32 Å². The van der Waals surface area contributed by atoms with Crippen LogP contribution in [0.2, 0.25) is 0 Å². The molecule has 24 heavy (non-hydrogen) atoms. The van der Waals surface area contributed by atoms with Gasteiger partial charge in [-0.15, -0.1) is 0 Å². The number of hydrogen-bond acceptors (Lipinski definition) is 4. The van der Waals surface area contributed by atoms with Crippen molar-refractivity contribution in [1.29, 1.82) is 0 Å². The molecule has 0 spiro atoms. The molecule has 4 nitrogen and oxygen atoms in total. The van der Waals surface area contributed by atoms with E-state index in [4.69, 9.17) is 0 Å². The standard InChI is InChI=1S/C16H16F3N3OS/c1-9(10-6-7-10)20-13(23)8-24-14-11-4-2-3-5-12(11)21-15(22-14)16(17,18)19/h2-5,9-10H,6-8H2,1H3,(H,20,23)/t9-/m1/s1. The van der Waals surface area contributed by atoms with Crippen LogP contribution in [0, 0.1) is 5.92 Å². The lowest BCUT2D eigenvalue weighted by molar-refractivity contribution is -0.145. The number of thioether (sulfide) groups is 1. The SMILES string of the molecule is C[C@@H](NC(=O)CSc1nc(C(F)(F)F)nc2ccccc12)C1CC1. The molecule has 3 rings (SSSR count). The predicted molar refractivity (Wildman–Crippen MR) is 85.6 cm³/mol. The largest absolute Gasteiger partial charge is 0.451 e. The Labute approximate surface area is 141 Å². The minimum absolute atomic E-state index is 0.0232. The highest BCUT2D eigenvalue weighted by Gasteiger charge is 2.35. The Hall–Kier alpha value is -1.83. The Bertz CT molecular complexity index is 762. The molecular formula is C16H16F3N3OS. The van der Waals surface area contributed by atoms with E-state index in [1.165, 1.54) is 6.07 Å². The number of halogens is 3. The lowest BCUT2D eigenvalue weighted by Gasteiger charge is -2.13. The number of rotatable bonds is 5. The highest BCUT2D eigenvalue weighted by atomic mass is 32.2. The summed E-state index contributed by atoms with van der Waals surface area (Å²) in [5.74, 6) is -0.836. The van der Waals surface area contributed by atoms with E-state index >= 15 is 0 Å². The number of benzene rings is 1. The van der Waals surface area contributed by atoms with Crippen LogP contribution in [-0.2, 0) is 11.0 Å². The van der Waals surface area contributed by atoms with Gasteiger partial charge in [-0.3, -0.25) is 4.79 Å². The van der Waals surface area contributed by atoms with Crippen molar-refractivity contribution in [2.24, 2.45) is 5.92 Å². The molecule has 2 aromatic rings. The smallest absolute Gasteiger partial charge is 0.353 e. The number of fused-ring (bicyclic) bond motifs is 1. The van der Waals surface area contributed by atoms with Gasteiger partial charge in [0.1, 0.15) is 5.03 Å². The monoisotopic (exact) mass is 355 g/mol. The molecule has 0 radical (unpaired) electrons. The van der Waals surface area contributed by atoms with Gasteiger partial charge < -0.3 is 5.32 Å². The molecule has 0 aliphatic heterocycles. The number of amides is 1. The zero-order valence-corrected chi connectivity index (χ0v) is 13.7.